The second-order valence-electron chi connectivity index (χ2n) is 4.85. The summed E-state index contributed by atoms with van der Waals surface area (Å²) in [5.41, 5.74) is 3.41. The molecule has 0 saturated carbocycles. The average molecular weight is 294 g/mol. The van der Waals surface area contributed by atoms with E-state index in [-0.39, 0.29) is 11.9 Å². The number of carbonyl (C=O) groups is 1. The van der Waals surface area contributed by atoms with Crippen LogP contribution in [0, 0.1) is 0 Å². The van der Waals surface area contributed by atoms with E-state index in [4.69, 9.17) is 10.6 Å². The van der Waals surface area contributed by atoms with Gasteiger partial charge in [0.1, 0.15) is 24.0 Å². The number of ether oxygens (including phenoxy) is 1. The highest BCUT2D eigenvalue weighted by Crippen LogP contribution is 2.20. The van der Waals surface area contributed by atoms with Gasteiger partial charge in [0.2, 0.25) is 5.91 Å². The Labute approximate surface area is 124 Å². The Morgan fingerprint density at radius 1 is 1.43 bits per heavy atom. The highest BCUT2D eigenvalue weighted by molar-refractivity contribution is 5.84. The zero-order valence-corrected chi connectivity index (χ0v) is 12.4. The number of nitrogen functional groups attached to an aromatic ring is 1. The Morgan fingerprint density at radius 3 is 2.71 bits per heavy atom. The molecule has 0 aliphatic carbocycles. The van der Waals surface area contributed by atoms with Crippen LogP contribution in [-0.2, 0) is 16.0 Å². The Balaban J connectivity index is 2.08. The molecule has 2 heterocycles. The number of rotatable bonds is 5. The maximum atomic E-state index is 12.4. The molecule has 1 aromatic rings. The second kappa shape index (κ2) is 7.19. The smallest absolute Gasteiger partial charge is 0.244 e. The predicted molar refractivity (Wildman–Crippen MR) is 79.7 cm³/mol. The molecule has 1 fully saturated rings. The molecule has 1 aliphatic rings. The molecule has 1 atom stereocenters. The van der Waals surface area contributed by atoms with Crippen LogP contribution in [-0.4, -0.2) is 53.1 Å². The van der Waals surface area contributed by atoms with Crippen LogP contribution in [0.4, 0.5) is 11.6 Å². The van der Waals surface area contributed by atoms with E-state index in [0.717, 1.165) is 5.56 Å². The first-order valence-corrected chi connectivity index (χ1v) is 7.11. The van der Waals surface area contributed by atoms with Gasteiger partial charge in [0.15, 0.2) is 0 Å². The van der Waals surface area contributed by atoms with Crippen molar-refractivity contribution in [1.82, 2.24) is 14.9 Å². The van der Waals surface area contributed by atoms with Crippen molar-refractivity contribution >= 4 is 17.5 Å². The lowest BCUT2D eigenvalue weighted by atomic mass is 10.2. The van der Waals surface area contributed by atoms with Gasteiger partial charge in [0, 0.05) is 18.7 Å². The van der Waals surface area contributed by atoms with Crippen LogP contribution in [0.25, 0.3) is 0 Å². The summed E-state index contributed by atoms with van der Waals surface area (Å²) in [7, 11) is 0. The number of carbonyl (C=O) groups excluding carboxylic acids is 1. The summed E-state index contributed by atoms with van der Waals surface area (Å²) < 4.78 is 5.26. The highest BCUT2D eigenvalue weighted by atomic mass is 16.5. The van der Waals surface area contributed by atoms with Crippen LogP contribution in [0.2, 0.25) is 0 Å². The molecule has 1 aliphatic heterocycles. The Hall–Kier alpha value is -1.93. The van der Waals surface area contributed by atoms with Crippen molar-refractivity contribution in [3.8, 4) is 0 Å². The van der Waals surface area contributed by atoms with Crippen LogP contribution < -0.4 is 16.6 Å². The van der Waals surface area contributed by atoms with E-state index in [2.05, 4.69) is 20.7 Å². The van der Waals surface area contributed by atoms with Crippen molar-refractivity contribution in [3.05, 3.63) is 11.9 Å². The van der Waals surface area contributed by atoms with Crippen LogP contribution in [0.1, 0.15) is 19.4 Å². The fourth-order valence-electron chi connectivity index (χ4n) is 2.32. The molecule has 21 heavy (non-hydrogen) atoms. The molecule has 4 N–H and O–H groups in total. The van der Waals surface area contributed by atoms with Crippen LogP contribution in [0.15, 0.2) is 6.33 Å². The van der Waals surface area contributed by atoms with Crippen molar-refractivity contribution in [2.45, 2.75) is 26.3 Å². The van der Waals surface area contributed by atoms with Gasteiger partial charge in [0.25, 0.3) is 0 Å². The monoisotopic (exact) mass is 294 g/mol. The summed E-state index contributed by atoms with van der Waals surface area (Å²) >= 11 is 0. The molecule has 116 valence electrons. The lowest BCUT2D eigenvalue weighted by molar-refractivity contribution is -0.135. The number of hydrogen-bond acceptors (Lipinski definition) is 7. The maximum Gasteiger partial charge on any atom is 0.244 e. The standard InChI is InChI=1S/C13H22N6O2/c1-3-10-11(15-8-16-12(10)18-14)17-9(2)13(20)19-4-6-21-7-5-19/h8-9H,3-7,14H2,1-2H3,(H2,15,16,17,18). The number of anilines is 2. The van der Waals surface area contributed by atoms with E-state index < -0.39 is 0 Å². The van der Waals surface area contributed by atoms with E-state index in [9.17, 15) is 4.79 Å². The predicted octanol–water partition coefficient (Wildman–Crippen LogP) is -0.0162. The van der Waals surface area contributed by atoms with Gasteiger partial charge in [-0.15, -0.1) is 0 Å². The third-order valence-electron chi connectivity index (χ3n) is 3.48. The van der Waals surface area contributed by atoms with Crippen molar-refractivity contribution in [2.75, 3.05) is 37.0 Å². The van der Waals surface area contributed by atoms with E-state index in [1.807, 2.05) is 13.8 Å². The maximum absolute atomic E-state index is 12.4. The lowest BCUT2D eigenvalue weighted by Gasteiger charge is -2.29. The molecule has 1 unspecified atom stereocenters. The largest absolute Gasteiger partial charge is 0.378 e. The quantitative estimate of drug-likeness (QED) is 0.518. The van der Waals surface area contributed by atoms with Gasteiger partial charge >= 0.3 is 0 Å². The normalized spacial score (nSPS) is 16.4. The molecule has 8 nitrogen and oxygen atoms in total. The lowest BCUT2D eigenvalue weighted by Crippen LogP contribution is -2.47. The Kier molecular flexibility index (Phi) is 5.29. The van der Waals surface area contributed by atoms with Crippen molar-refractivity contribution in [3.63, 3.8) is 0 Å². The van der Waals surface area contributed by atoms with Crippen molar-refractivity contribution in [2.24, 2.45) is 5.84 Å². The van der Waals surface area contributed by atoms with Gasteiger partial charge in [-0.3, -0.25) is 4.79 Å². The number of morpholine rings is 1. The van der Waals surface area contributed by atoms with Gasteiger partial charge < -0.3 is 20.4 Å². The van der Waals surface area contributed by atoms with Crippen LogP contribution in [0.5, 0.6) is 0 Å². The molecule has 2 rings (SSSR count). The summed E-state index contributed by atoms with van der Waals surface area (Å²) in [5, 5.41) is 3.15. The topological polar surface area (TPSA) is 105 Å². The van der Waals surface area contributed by atoms with Crippen LogP contribution >= 0.6 is 0 Å². The number of amides is 1. The minimum absolute atomic E-state index is 0.0428. The minimum Gasteiger partial charge on any atom is -0.378 e. The third-order valence-corrected chi connectivity index (χ3v) is 3.48. The molecule has 0 radical (unpaired) electrons. The van der Waals surface area contributed by atoms with Gasteiger partial charge in [-0.2, -0.15) is 0 Å². The molecule has 8 heteroatoms. The first-order valence-electron chi connectivity index (χ1n) is 7.11. The highest BCUT2D eigenvalue weighted by Gasteiger charge is 2.23. The average Bonchev–Trinajstić information content (AvgIpc) is 2.54. The van der Waals surface area contributed by atoms with Crippen LogP contribution in [0.3, 0.4) is 0 Å². The zero-order chi connectivity index (χ0) is 15.2. The van der Waals surface area contributed by atoms with Gasteiger partial charge in [-0.25, -0.2) is 15.8 Å². The van der Waals surface area contributed by atoms with E-state index >= 15 is 0 Å². The number of nitrogens with zero attached hydrogens (tertiary/aromatic N) is 3. The fourth-order valence-corrected chi connectivity index (χ4v) is 2.32. The summed E-state index contributed by atoms with van der Waals surface area (Å²) in [4.78, 5) is 22.5. The summed E-state index contributed by atoms with van der Waals surface area (Å²) in [6.45, 7) is 6.25. The number of hydrazine groups is 1. The molecule has 1 saturated heterocycles. The molecule has 1 amide bonds. The third kappa shape index (κ3) is 3.59. The number of nitrogens with two attached hydrogens (primary N) is 1. The molecule has 1 aromatic heterocycles. The van der Waals surface area contributed by atoms with Crippen molar-refractivity contribution < 1.29 is 9.53 Å². The minimum atomic E-state index is -0.367. The molecule has 0 aromatic carbocycles. The molecular weight excluding hydrogens is 272 g/mol. The molecular formula is C13H22N6O2. The second-order valence-corrected chi connectivity index (χ2v) is 4.85. The number of nitrogens with one attached hydrogen (secondary N) is 2. The Morgan fingerprint density at radius 2 is 2.10 bits per heavy atom. The zero-order valence-electron chi connectivity index (χ0n) is 12.4. The van der Waals surface area contributed by atoms with E-state index in [0.29, 0.717) is 44.4 Å². The van der Waals surface area contributed by atoms with Gasteiger partial charge in [-0.1, -0.05) is 6.92 Å². The SMILES string of the molecule is CCc1c(NN)ncnc1NC(C)C(=O)N1CCOCC1. The van der Waals surface area contributed by atoms with Crippen molar-refractivity contribution in [1.29, 1.82) is 0 Å². The fraction of sp³-hybridized carbons (Fsp3) is 0.615. The van der Waals surface area contributed by atoms with E-state index in [1.54, 1.807) is 4.90 Å². The molecule has 0 bridgehead atoms. The van der Waals surface area contributed by atoms with Gasteiger partial charge in [-0.05, 0) is 13.3 Å². The Bertz CT molecular complexity index is 490. The molecule has 0 spiro atoms. The summed E-state index contributed by atoms with van der Waals surface area (Å²) in [6, 6.07) is -0.367. The summed E-state index contributed by atoms with van der Waals surface area (Å²) in [6.07, 6.45) is 2.13. The number of aromatic nitrogens is 2. The van der Waals surface area contributed by atoms with E-state index in [1.165, 1.54) is 6.33 Å². The summed E-state index contributed by atoms with van der Waals surface area (Å²) in [5.74, 6) is 6.69. The first kappa shape index (κ1) is 15.5. The first-order chi connectivity index (χ1) is 10.2. The van der Waals surface area contributed by atoms with Gasteiger partial charge in [0.05, 0.1) is 13.2 Å². The number of hydrogen-bond donors (Lipinski definition) is 3.